The Hall–Kier alpha value is -4.20. The van der Waals surface area contributed by atoms with Gasteiger partial charge in [-0.2, -0.15) is 0 Å². The Morgan fingerprint density at radius 3 is 2.09 bits per heavy atom. The van der Waals surface area contributed by atoms with Crippen LogP contribution in [0.4, 0.5) is 0 Å². The summed E-state index contributed by atoms with van der Waals surface area (Å²) in [5, 5.41) is 2.96. The molecule has 0 aliphatic heterocycles. The average molecular weight is 629 g/mol. The normalized spacial score (nSPS) is 12.3. The highest BCUT2D eigenvalue weighted by Crippen LogP contribution is 2.16. The number of aryl methyl sites for hydroxylation is 2. The van der Waals surface area contributed by atoms with Crippen molar-refractivity contribution >= 4 is 23.6 Å². The van der Waals surface area contributed by atoms with Crippen LogP contribution in [0.2, 0.25) is 0 Å². The lowest BCUT2D eigenvalue weighted by Gasteiger charge is -2.21. The molecular weight excluding hydrogens is 576 g/mol. The summed E-state index contributed by atoms with van der Waals surface area (Å²) in [4.78, 5) is 55.8. The fourth-order valence-corrected chi connectivity index (χ4v) is 5.38. The lowest BCUT2D eigenvalue weighted by molar-refractivity contribution is -0.130. The average Bonchev–Trinajstić information content (AvgIpc) is 3.06. The van der Waals surface area contributed by atoms with E-state index >= 15 is 0 Å². The van der Waals surface area contributed by atoms with Gasteiger partial charge in [-0.15, -0.1) is 0 Å². The number of rotatable bonds is 18. The molecule has 46 heavy (non-hydrogen) atoms. The monoisotopic (exact) mass is 628 g/mol. The van der Waals surface area contributed by atoms with Crippen LogP contribution in [0.25, 0.3) is 0 Å². The van der Waals surface area contributed by atoms with E-state index in [1.165, 1.54) is 5.57 Å². The molecule has 0 aromatic heterocycles. The van der Waals surface area contributed by atoms with Gasteiger partial charge in [0.2, 0.25) is 23.6 Å². The van der Waals surface area contributed by atoms with Gasteiger partial charge in [0.1, 0.15) is 0 Å². The minimum Gasteiger partial charge on any atom is -0.356 e. The van der Waals surface area contributed by atoms with Crippen LogP contribution >= 0.6 is 0 Å². The SMILES string of the molecule is Cc1ccc(CC(=O)N(C)CCCN(C)C(=O)CCc2ccccc2)cc1CC(=O)N(C)CCCNC(=O)CCC1=CCCC=C1. The maximum absolute atomic E-state index is 13.0. The van der Waals surface area contributed by atoms with Gasteiger partial charge < -0.3 is 20.0 Å². The van der Waals surface area contributed by atoms with Crippen molar-refractivity contribution in [1.29, 1.82) is 0 Å². The van der Waals surface area contributed by atoms with Crippen LogP contribution in [0.3, 0.4) is 0 Å². The van der Waals surface area contributed by atoms with Crippen LogP contribution in [-0.2, 0) is 38.4 Å². The minimum atomic E-state index is 0.00489. The second kappa shape index (κ2) is 19.3. The Bertz CT molecular complexity index is 1370. The molecule has 1 N–H and O–H groups in total. The smallest absolute Gasteiger partial charge is 0.226 e. The van der Waals surface area contributed by atoms with E-state index in [1.807, 2.05) is 62.5 Å². The van der Waals surface area contributed by atoms with E-state index in [1.54, 1.807) is 28.8 Å². The van der Waals surface area contributed by atoms with Crippen LogP contribution in [0.1, 0.15) is 67.2 Å². The van der Waals surface area contributed by atoms with E-state index in [0.29, 0.717) is 51.9 Å². The fraction of sp³-hybridized carbons (Fsp3) is 0.474. The molecule has 0 unspecified atom stereocenters. The molecule has 1 aliphatic carbocycles. The lowest BCUT2D eigenvalue weighted by atomic mass is 10.00. The van der Waals surface area contributed by atoms with Crippen molar-refractivity contribution in [2.75, 3.05) is 47.3 Å². The van der Waals surface area contributed by atoms with E-state index < -0.39 is 0 Å². The maximum atomic E-state index is 13.0. The molecule has 8 heteroatoms. The third-order valence-electron chi connectivity index (χ3n) is 8.55. The molecule has 0 saturated carbocycles. The van der Waals surface area contributed by atoms with Gasteiger partial charge in [0, 0.05) is 60.2 Å². The summed E-state index contributed by atoms with van der Waals surface area (Å²) in [7, 11) is 5.40. The number of hydrogen-bond acceptors (Lipinski definition) is 4. The van der Waals surface area contributed by atoms with Crippen molar-refractivity contribution in [2.24, 2.45) is 0 Å². The predicted octanol–water partition coefficient (Wildman–Crippen LogP) is 5.04. The van der Waals surface area contributed by atoms with Crippen LogP contribution in [0.5, 0.6) is 0 Å². The third kappa shape index (κ3) is 13.0. The van der Waals surface area contributed by atoms with E-state index in [2.05, 4.69) is 23.5 Å². The topological polar surface area (TPSA) is 90.0 Å². The summed E-state index contributed by atoms with van der Waals surface area (Å²) >= 11 is 0. The molecule has 8 nitrogen and oxygen atoms in total. The van der Waals surface area contributed by atoms with Crippen LogP contribution in [0, 0.1) is 6.92 Å². The van der Waals surface area contributed by atoms with Gasteiger partial charge in [0.05, 0.1) is 12.8 Å². The van der Waals surface area contributed by atoms with Crippen molar-refractivity contribution < 1.29 is 19.2 Å². The molecule has 0 radical (unpaired) electrons. The van der Waals surface area contributed by atoms with Crippen molar-refractivity contribution in [3.05, 3.63) is 94.6 Å². The number of benzene rings is 2. The second-order valence-electron chi connectivity index (χ2n) is 12.4. The zero-order chi connectivity index (χ0) is 33.3. The number of carbonyl (C=O) groups is 4. The Morgan fingerprint density at radius 1 is 0.717 bits per heavy atom. The highest BCUT2D eigenvalue weighted by Gasteiger charge is 2.15. The molecular formula is C38H52N4O4. The van der Waals surface area contributed by atoms with E-state index in [-0.39, 0.29) is 36.5 Å². The van der Waals surface area contributed by atoms with Crippen molar-refractivity contribution in [1.82, 2.24) is 20.0 Å². The molecule has 4 amide bonds. The van der Waals surface area contributed by atoms with E-state index in [0.717, 1.165) is 47.9 Å². The number of nitrogens with zero attached hydrogens (tertiary/aromatic N) is 3. The largest absolute Gasteiger partial charge is 0.356 e. The number of likely N-dealkylation sites (N-methyl/N-ethyl adjacent to an activating group) is 2. The molecule has 0 fully saturated rings. The molecule has 0 bridgehead atoms. The Morgan fingerprint density at radius 2 is 1.39 bits per heavy atom. The van der Waals surface area contributed by atoms with Crippen molar-refractivity contribution in [2.45, 2.75) is 71.1 Å². The molecule has 3 rings (SSSR count). The first-order chi connectivity index (χ1) is 22.1. The fourth-order valence-electron chi connectivity index (χ4n) is 5.38. The van der Waals surface area contributed by atoms with Crippen LogP contribution in [-0.4, -0.2) is 85.7 Å². The predicted molar refractivity (Wildman–Crippen MR) is 184 cm³/mol. The zero-order valence-corrected chi connectivity index (χ0v) is 28.2. The van der Waals surface area contributed by atoms with Gasteiger partial charge in [0.15, 0.2) is 0 Å². The number of carbonyl (C=O) groups excluding carboxylic acids is 4. The zero-order valence-electron chi connectivity index (χ0n) is 28.2. The third-order valence-corrected chi connectivity index (χ3v) is 8.55. The molecule has 1 aliphatic rings. The number of hydrogen-bond donors (Lipinski definition) is 1. The van der Waals surface area contributed by atoms with Crippen LogP contribution in [0.15, 0.2) is 72.3 Å². The first kappa shape index (κ1) is 36.3. The summed E-state index contributed by atoms with van der Waals surface area (Å²) < 4.78 is 0. The van der Waals surface area contributed by atoms with Crippen molar-refractivity contribution in [3.63, 3.8) is 0 Å². The van der Waals surface area contributed by atoms with Gasteiger partial charge in [-0.3, -0.25) is 19.2 Å². The first-order valence-corrected chi connectivity index (χ1v) is 16.6. The van der Waals surface area contributed by atoms with Gasteiger partial charge >= 0.3 is 0 Å². The molecule has 0 spiro atoms. The molecule has 2 aromatic carbocycles. The number of nitrogens with one attached hydrogen (secondary N) is 1. The second-order valence-corrected chi connectivity index (χ2v) is 12.4. The highest BCUT2D eigenvalue weighted by molar-refractivity contribution is 5.80. The number of allylic oxidation sites excluding steroid dienone is 4. The quantitative estimate of drug-likeness (QED) is 0.234. The number of amides is 4. The molecule has 0 saturated heterocycles. The summed E-state index contributed by atoms with van der Waals surface area (Å²) in [5.74, 6) is 0.158. The highest BCUT2D eigenvalue weighted by atomic mass is 16.2. The molecule has 0 heterocycles. The molecule has 0 atom stereocenters. The van der Waals surface area contributed by atoms with Gasteiger partial charge in [0.25, 0.3) is 0 Å². The van der Waals surface area contributed by atoms with Gasteiger partial charge in [-0.05, 0) is 67.7 Å². The Balaban J connectivity index is 1.34. The van der Waals surface area contributed by atoms with Gasteiger partial charge in [-0.1, -0.05) is 72.3 Å². The minimum absolute atomic E-state index is 0.00489. The lowest BCUT2D eigenvalue weighted by Crippen LogP contribution is -2.33. The molecule has 248 valence electrons. The summed E-state index contributed by atoms with van der Waals surface area (Å²) in [6.07, 6.45) is 12.9. The summed E-state index contributed by atoms with van der Waals surface area (Å²) in [6.45, 7) is 4.23. The Kier molecular flexibility index (Phi) is 15.3. The van der Waals surface area contributed by atoms with Gasteiger partial charge in [-0.25, -0.2) is 0 Å². The van der Waals surface area contributed by atoms with E-state index in [4.69, 9.17) is 0 Å². The maximum Gasteiger partial charge on any atom is 0.226 e. The van der Waals surface area contributed by atoms with Crippen molar-refractivity contribution in [3.8, 4) is 0 Å². The Labute approximate surface area is 275 Å². The standard InChI is InChI=1S/C38H52N4O4/c1-30-17-18-33(28-37(45)42(4)26-12-25-40(2)36(44)22-20-32-15-9-6-10-16-32)27-34(30)29-38(46)41(3)24-11-23-39-35(43)21-19-31-13-7-5-8-14-31/h6-7,9-10,13-18,27H,5,8,11-12,19-26,28-29H2,1-4H3,(H,39,43). The van der Waals surface area contributed by atoms with Crippen LogP contribution < -0.4 is 5.32 Å². The molecule has 2 aromatic rings. The first-order valence-electron chi connectivity index (χ1n) is 16.6. The summed E-state index contributed by atoms with van der Waals surface area (Å²) in [6, 6.07) is 15.9. The summed E-state index contributed by atoms with van der Waals surface area (Å²) in [5.41, 5.74) is 5.19. The van der Waals surface area contributed by atoms with E-state index in [9.17, 15) is 19.2 Å².